The molecular weight excluding hydrogens is 397 g/mol. The van der Waals surface area contributed by atoms with E-state index in [9.17, 15) is 27.9 Å². The zero-order chi connectivity index (χ0) is 22.9. The van der Waals surface area contributed by atoms with Crippen molar-refractivity contribution < 1.29 is 27.9 Å². The van der Waals surface area contributed by atoms with E-state index in [-0.39, 0.29) is 17.0 Å². The molecule has 1 aliphatic heterocycles. The number of benzene rings is 1. The molecule has 0 bridgehead atoms. The number of halogens is 3. The minimum Gasteiger partial charge on any atom is -0.480 e. The molecular formula is C22H29F3N2O3. The Morgan fingerprint density at radius 2 is 1.80 bits per heavy atom. The number of anilines is 1. The third-order valence-electron chi connectivity index (χ3n) is 7.29. The monoisotopic (exact) mass is 426 g/mol. The summed E-state index contributed by atoms with van der Waals surface area (Å²) in [5.41, 5.74) is -2.00. The number of nitrogens with zero attached hydrogens (tertiary/aromatic N) is 1. The van der Waals surface area contributed by atoms with Gasteiger partial charge in [0, 0.05) is 17.6 Å². The number of carbonyl (C=O) groups excluding carboxylic acids is 1. The van der Waals surface area contributed by atoms with Crippen molar-refractivity contribution in [3.05, 3.63) is 29.8 Å². The number of nitrogens with one attached hydrogen (secondary N) is 1. The molecule has 0 aromatic heterocycles. The van der Waals surface area contributed by atoms with E-state index in [1.807, 2.05) is 20.8 Å². The Kier molecular flexibility index (Phi) is 4.95. The van der Waals surface area contributed by atoms with Crippen molar-refractivity contribution in [2.75, 3.05) is 11.9 Å². The summed E-state index contributed by atoms with van der Waals surface area (Å²) in [5, 5.41) is 12.8. The molecule has 1 heterocycles. The summed E-state index contributed by atoms with van der Waals surface area (Å²) < 4.78 is 39.2. The number of amides is 1. The zero-order valence-electron chi connectivity index (χ0n) is 18.1. The molecule has 0 radical (unpaired) electrons. The van der Waals surface area contributed by atoms with Crippen LogP contribution in [0.2, 0.25) is 0 Å². The van der Waals surface area contributed by atoms with E-state index in [0.717, 1.165) is 12.1 Å². The minimum absolute atomic E-state index is 0.0734. The Morgan fingerprint density at radius 3 is 2.30 bits per heavy atom. The minimum atomic E-state index is -4.50. The predicted octanol–water partition coefficient (Wildman–Crippen LogP) is 4.49. The highest BCUT2D eigenvalue weighted by atomic mass is 19.4. The van der Waals surface area contributed by atoms with E-state index in [2.05, 4.69) is 5.32 Å². The highest BCUT2D eigenvalue weighted by Gasteiger charge is 2.78. The fraction of sp³-hybridized carbons (Fsp3) is 0.636. The van der Waals surface area contributed by atoms with Crippen LogP contribution in [0.5, 0.6) is 0 Å². The maximum atomic E-state index is 13.5. The van der Waals surface area contributed by atoms with Gasteiger partial charge >= 0.3 is 12.1 Å². The quantitative estimate of drug-likeness (QED) is 0.744. The van der Waals surface area contributed by atoms with Gasteiger partial charge in [0.2, 0.25) is 5.91 Å². The van der Waals surface area contributed by atoms with Gasteiger partial charge in [-0.25, -0.2) is 4.79 Å². The van der Waals surface area contributed by atoms with Gasteiger partial charge in [-0.05, 0) is 34.9 Å². The molecule has 2 N–H and O–H groups in total. The van der Waals surface area contributed by atoms with Crippen molar-refractivity contribution in [3.63, 3.8) is 0 Å². The number of carbonyl (C=O) groups is 2. The molecule has 30 heavy (non-hydrogen) atoms. The van der Waals surface area contributed by atoms with Crippen LogP contribution in [0.4, 0.5) is 18.9 Å². The Morgan fingerprint density at radius 1 is 1.20 bits per heavy atom. The summed E-state index contributed by atoms with van der Waals surface area (Å²) in [6.45, 7) is 11.7. The molecule has 4 atom stereocenters. The van der Waals surface area contributed by atoms with Crippen LogP contribution < -0.4 is 5.32 Å². The second kappa shape index (κ2) is 6.62. The van der Waals surface area contributed by atoms with Crippen molar-refractivity contribution >= 4 is 17.6 Å². The SMILES string of the molecule is CC(C)(C)[C@H](Nc1cccc(C(F)(F)F)c1)C(=O)N1C[C@H]2C(C)(C)[C@]2(C)[C@H]1C(=O)O. The van der Waals surface area contributed by atoms with Crippen LogP contribution in [-0.2, 0) is 15.8 Å². The van der Waals surface area contributed by atoms with Crippen LogP contribution in [0.1, 0.15) is 47.1 Å². The van der Waals surface area contributed by atoms with Gasteiger partial charge in [-0.3, -0.25) is 4.79 Å². The van der Waals surface area contributed by atoms with Gasteiger partial charge in [-0.15, -0.1) is 0 Å². The van der Waals surface area contributed by atoms with Gasteiger partial charge in [0.25, 0.3) is 0 Å². The van der Waals surface area contributed by atoms with Crippen LogP contribution in [0.3, 0.4) is 0 Å². The third kappa shape index (κ3) is 3.34. The second-order valence-corrected chi connectivity index (χ2v) is 10.3. The lowest BCUT2D eigenvalue weighted by molar-refractivity contribution is -0.153. The first-order chi connectivity index (χ1) is 13.5. The average Bonchev–Trinajstić information content (AvgIpc) is 2.88. The number of rotatable bonds is 4. The number of alkyl halides is 3. The van der Waals surface area contributed by atoms with Crippen molar-refractivity contribution in [3.8, 4) is 0 Å². The first kappa shape index (κ1) is 22.4. The van der Waals surface area contributed by atoms with Gasteiger partial charge in [0.1, 0.15) is 12.1 Å². The maximum Gasteiger partial charge on any atom is 0.416 e. The van der Waals surface area contributed by atoms with Gasteiger partial charge < -0.3 is 15.3 Å². The van der Waals surface area contributed by atoms with E-state index >= 15 is 0 Å². The molecule has 1 saturated heterocycles. The normalized spacial score (nSPS) is 28.6. The molecule has 3 rings (SSSR count). The fourth-order valence-electron chi connectivity index (χ4n) is 5.10. The molecule has 1 saturated carbocycles. The highest BCUT2D eigenvalue weighted by Crippen LogP contribution is 2.74. The molecule has 2 fully saturated rings. The molecule has 166 valence electrons. The van der Waals surface area contributed by atoms with E-state index in [0.29, 0.717) is 6.54 Å². The highest BCUT2D eigenvalue weighted by molar-refractivity contribution is 5.91. The maximum absolute atomic E-state index is 13.5. The summed E-state index contributed by atoms with van der Waals surface area (Å²) in [6.07, 6.45) is -4.50. The Labute approximate surface area is 174 Å². The molecule has 2 aliphatic rings. The molecule has 0 unspecified atom stereocenters. The van der Waals surface area contributed by atoms with Crippen LogP contribution in [0.15, 0.2) is 24.3 Å². The lowest BCUT2D eigenvalue weighted by atomic mass is 9.84. The van der Waals surface area contributed by atoms with Crippen LogP contribution in [0.25, 0.3) is 0 Å². The van der Waals surface area contributed by atoms with Crippen molar-refractivity contribution in [2.45, 2.75) is 59.8 Å². The Bertz CT molecular complexity index is 875. The molecule has 5 nitrogen and oxygen atoms in total. The van der Waals surface area contributed by atoms with Crippen LogP contribution >= 0.6 is 0 Å². The number of hydrogen-bond donors (Lipinski definition) is 2. The van der Waals surface area contributed by atoms with Gasteiger partial charge in [-0.2, -0.15) is 13.2 Å². The fourth-order valence-corrected chi connectivity index (χ4v) is 5.10. The molecule has 1 amide bonds. The largest absolute Gasteiger partial charge is 0.480 e. The standard InChI is InChI=1S/C22H29F3N2O3/c1-19(2,3)15(26-13-9-7-8-12(10-13)22(23,24)25)17(28)27-11-14-20(4,5)21(14,6)16(27)18(29)30/h7-10,14-16,26H,11H2,1-6H3,(H,29,30)/t14-,15+,16+,21-/m0/s1. The van der Waals surface area contributed by atoms with E-state index < -0.39 is 46.5 Å². The first-order valence-corrected chi connectivity index (χ1v) is 10.00. The zero-order valence-corrected chi connectivity index (χ0v) is 18.1. The average molecular weight is 426 g/mol. The van der Waals surface area contributed by atoms with Gasteiger partial charge in [0.05, 0.1) is 5.56 Å². The number of piperidine rings is 1. The topological polar surface area (TPSA) is 69.6 Å². The van der Waals surface area contributed by atoms with E-state index in [4.69, 9.17) is 0 Å². The third-order valence-corrected chi connectivity index (χ3v) is 7.29. The number of aliphatic carboxylic acids is 1. The van der Waals surface area contributed by atoms with E-state index in [1.165, 1.54) is 17.0 Å². The predicted molar refractivity (Wildman–Crippen MR) is 107 cm³/mol. The summed E-state index contributed by atoms with van der Waals surface area (Å²) in [4.78, 5) is 27.0. The summed E-state index contributed by atoms with van der Waals surface area (Å²) in [7, 11) is 0. The molecule has 1 aromatic rings. The number of fused-ring (bicyclic) bond motifs is 1. The number of hydrogen-bond acceptors (Lipinski definition) is 3. The summed E-state index contributed by atoms with van der Waals surface area (Å²) >= 11 is 0. The van der Waals surface area contributed by atoms with Crippen molar-refractivity contribution in [2.24, 2.45) is 22.2 Å². The van der Waals surface area contributed by atoms with Crippen LogP contribution in [0, 0.1) is 22.2 Å². The molecule has 1 aliphatic carbocycles. The Balaban J connectivity index is 1.91. The molecule has 8 heteroatoms. The van der Waals surface area contributed by atoms with Gasteiger partial charge in [0.15, 0.2) is 0 Å². The molecule has 1 aromatic carbocycles. The lowest BCUT2D eigenvalue weighted by Crippen LogP contribution is -2.55. The van der Waals surface area contributed by atoms with Crippen molar-refractivity contribution in [1.82, 2.24) is 4.90 Å². The smallest absolute Gasteiger partial charge is 0.416 e. The van der Waals surface area contributed by atoms with Crippen molar-refractivity contribution in [1.29, 1.82) is 0 Å². The summed E-state index contributed by atoms with van der Waals surface area (Å²) in [6, 6.07) is 2.85. The van der Waals surface area contributed by atoms with Gasteiger partial charge in [-0.1, -0.05) is 47.6 Å². The summed E-state index contributed by atoms with van der Waals surface area (Å²) in [5.74, 6) is -1.38. The van der Waals surface area contributed by atoms with E-state index in [1.54, 1.807) is 20.8 Å². The first-order valence-electron chi connectivity index (χ1n) is 10.00. The Hall–Kier alpha value is -2.25. The number of carboxylic acid groups (broad SMARTS) is 1. The van der Waals surface area contributed by atoms with Crippen LogP contribution in [-0.4, -0.2) is 40.5 Å². The molecule has 0 spiro atoms. The number of carboxylic acids is 1. The second-order valence-electron chi connectivity index (χ2n) is 10.3. The number of likely N-dealkylation sites (tertiary alicyclic amines) is 1. The lowest BCUT2D eigenvalue weighted by Gasteiger charge is -2.38.